The van der Waals surface area contributed by atoms with Crippen molar-refractivity contribution < 1.29 is 14.7 Å². The Morgan fingerprint density at radius 1 is 1.36 bits per heavy atom. The van der Waals surface area contributed by atoms with Crippen LogP contribution in [0.15, 0.2) is 11.6 Å². The Hall–Kier alpha value is -2.33. The molecule has 1 aliphatic rings. The molecule has 2 amide bonds. The normalized spacial score (nSPS) is 21.0. The molecule has 152 valence electrons. The number of hydrogen-bond donors (Lipinski definition) is 2. The predicted molar refractivity (Wildman–Crippen MR) is 105 cm³/mol. The number of aromatic nitrogens is 4. The minimum absolute atomic E-state index is 0.121. The minimum Gasteiger partial charge on any atom is -0.391 e. The molecule has 2 N–H and O–H groups in total. The number of aryl methyl sites for hydroxylation is 1. The van der Waals surface area contributed by atoms with Crippen molar-refractivity contribution >= 4 is 23.2 Å². The smallest absolute Gasteiger partial charge is 0.248 e. The predicted octanol–water partition coefficient (Wildman–Crippen LogP) is 1.01. The number of carbonyl (C=O) groups excluding carboxylic acids is 2. The lowest BCUT2D eigenvalue weighted by molar-refractivity contribution is -0.144. The van der Waals surface area contributed by atoms with Crippen LogP contribution in [-0.4, -0.2) is 67.5 Å². The zero-order chi connectivity index (χ0) is 20.6. The summed E-state index contributed by atoms with van der Waals surface area (Å²) in [6, 6.07) is -1.37. The first-order chi connectivity index (χ1) is 13.1. The Kier molecular flexibility index (Phi) is 5.53. The number of rotatable bonds is 4. The van der Waals surface area contributed by atoms with E-state index in [1.54, 1.807) is 6.20 Å². The van der Waals surface area contributed by atoms with Gasteiger partial charge in [-0.3, -0.25) is 9.59 Å². The van der Waals surface area contributed by atoms with Crippen LogP contribution in [0.1, 0.15) is 38.2 Å². The molecule has 0 radical (unpaired) electrons. The number of aliphatic hydroxyl groups excluding tert-OH is 1. The lowest BCUT2D eigenvalue weighted by Crippen LogP contribution is -2.49. The standard InChI is InChI=1S/C18H26N6O3S/c1-10-20-13(9-28-10)12-8-24(22-21-12)15(18(2,3)4)17(27)23-7-11(25)6-14(23)16(26)19-5/h8-9,11,14-15,25H,6-7H2,1-5H3,(H,19,26)/t11?,14?,15-/m1/s1. The van der Waals surface area contributed by atoms with Gasteiger partial charge in [0.05, 0.1) is 17.3 Å². The Morgan fingerprint density at radius 3 is 2.64 bits per heavy atom. The fraction of sp³-hybridized carbons (Fsp3) is 0.611. The van der Waals surface area contributed by atoms with E-state index in [0.717, 1.165) is 5.01 Å². The van der Waals surface area contributed by atoms with Crippen LogP contribution in [-0.2, 0) is 9.59 Å². The average Bonchev–Trinajstić information content (AvgIpc) is 3.32. The summed E-state index contributed by atoms with van der Waals surface area (Å²) in [6.45, 7) is 7.84. The molecule has 2 unspecified atom stereocenters. The van der Waals surface area contributed by atoms with Gasteiger partial charge in [0.25, 0.3) is 0 Å². The SMILES string of the molecule is CNC(=O)C1CC(O)CN1C(=O)[C@@H](n1cc(-c2csc(C)n2)nn1)C(C)(C)C. The van der Waals surface area contributed by atoms with Gasteiger partial charge in [-0.2, -0.15) is 0 Å². The summed E-state index contributed by atoms with van der Waals surface area (Å²) in [5, 5.41) is 23.8. The fourth-order valence-electron chi connectivity index (χ4n) is 3.51. The molecule has 0 bridgehead atoms. The highest BCUT2D eigenvalue weighted by Gasteiger charge is 2.45. The molecule has 9 nitrogen and oxygen atoms in total. The Bertz CT molecular complexity index is 871. The van der Waals surface area contributed by atoms with E-state index in [0.29, 0.717) is 11.4 Å². The van der Waals surface area contributed by atoms with E-state index in [1.807, 2.05) is 33.1 Å². The number of likely N-dealkylation sites (tertiary alicyclic amines) is 1. The maximum atomic E-state index is 13.5. The molecule has 1 aliphatic heterocycles. The zero-order valence-electron chi connectivity index (χ0n) is 16.7. The Morgan fingerprint density at radius 2 is 2.07 bits per heavy atom. The quantitative estimate of drug-likeness (QED) is 0.783. The molecule has 0 aliphatic carbocycles. The molecular formula is C18H26N6O3S. The summed E-state index contributed by atoms with van der Waals surface area (Å²) in [4.78, 5) is 31.5. The molecule has 3 atom stereocenters. The first kappa shape index (κ1) is 20.4. The molecule has 1 saturated heterocycles. The van der Waals surface area contributed by atoms with E-state index >= 15 is 0 Å². The molecule has 28 heavy (non-hydrogen) atoms. The van der Waals surface area contributed by atoms with Crippen LogP contribution < -0.4 is 5.32 Å². The van der Waals surface area contributed by atoms with Crippen LogP contribution in [0, 0.1) is 12.3 Å². The number of nitrogens with zero attached hydrogens (tertiary/aromatic N) is 5. The number of amides is 2. The lowest BCUT2D eigenvalue weighted by Gasteiger charge is -2.34. The third kappa shape index (κ3) is 3.93. The van der Waals surface area contributed by atoms with Crippen LogP contribution in [0.3, 0.4) is 0 Å². The van der Waals surface area contributed by atoms with Gasteiger partial charge in [-0.15, -0.1) is 16.4 Å². The first-order valence-corrected chi connectivity index (χ1v) is 10.0. The maximum absolute atomic E-state index is 13.5. The fourth-order valence-corrected chi connectivity index (χ4v) is 4.12. The molecular weight excluding hydrogens is 380 g/mol. The lowest BCUT2D eigenvalue weighted by atomic mass is 9.85. The largest absolute Gasteiger partial charge is 0.391 e. The summed E-state index contributed by atoms with van der Waals surface area (Å²) in [5.74, 6) is -0.543. The van der Waals surface area contributed by atoms with E-state index in [4.69, 9.17) is 0 Å². The summed E-state index contributed by atoms with van der Waals surface area (Å²) in [5.41, 5.74) is 0.824. The molecule has 2 aromatic heterocycles. The summed E-state index contributed by atoms with van der Waals surface area (Å²) in [6.07, 6.45) is 1.21. The highest BCUT2D eigenvalue weighted by Crippen LogP contribution is 2.35. The number of β-amino-alcohol motifs (C(OH)–C–C–N with tert-alkyl or cyclic N) is 1. The number of carbonyl (C=O) groups is 2. The topological polar surface area (TPSA) is 113 Å². The van der Waals surface area contributed by atoms with Crippen molar-refractivity contribution in [2.24, 2.45) is 5.41 Å². The molecule has 0 spiro atoms. The summed E-state index contributed by atoms with van der Waals surface area (Å²) >= 11 is 1.52. The van der Waals surface area contributed by atoms with Gasteiger partial charge in [0.15, 0.2) is 0 Å². The Labute approximate surface area is 167 Å². The van der Waals surface area contributed by atoms with Crippen molar-refractivity contribution in [2.45, 2.75) is 52.3 Å². The van der Waals surface area contributed by atoms with Gasteiger partial charge < -0.3 is 15.3 Å². The van der Waals surface area contributed by atoms with Gasteiger partial charge in [0, 0.05) is 25.4 Å². The molecule has 3 heterocycles. The molecule has 3 rings (SSSR count). The second kappa shape index (κ2) is 7.59. The second-order valence-corrected chi connectivity index (χ2v) is 9.18. The van der Waals surface area contributed by atoms with E-state index < -0.39 is 23.6 Å². The van der Waals surface area contributed by atoms with E-state index in [2.05, 4.69) is 20.6 Å². The number of hydrogen-bond acceptors (Lipinski definition) is 7. The minimum atomic E-state index is -0.726. The van der Waals surface area contributed by atoms with Crippen molar-refractivity contribution in [2.75, 3.05) is 13.6 Å². The highest BCUT2D eigenvalue weighted by molar-refractivity contribution is 7.09. The van der Waals surface area contributed by atoms with Gasteiger partial charge in [-0.25, -0.2) is 9.67 Å². The summed E-state index contributed by atoms with van der Waals surface area (Å²) in [7, 11) is 1.52. The first-order valence-electron chi connectivity index (χ1n) is 9.16. The van der Waals surface area contributed by atoms with Gasteiger partial charge in [-0.1, -0.05) is 26.0 Å². The third-order valence-corrected chi connectivity index (χ3v) is 5.60. The van der Waals surface area contributed by atoms with Crippen molar-refractivity contribution in [1.82, 2.24) is 30.2 Å². The molecule has 10 heteroatoms. The molecule has 0 aromatic carbocycles. The van der Waals surface area contributed by atoms with Gasteiger partial charge in [-0.05, 0) is 12.3 Å². The number of nitrogens with one attached hydrogen (secondary N) is 1. The van der Waals surface area contributed by atoms with Crippen molar-refractivity contribution in [3.8, 4) is 11.4 Å². The van der Waals surface area contributed by atoms with E-state index in [9.17, 15) is 14.7 Å². The van der Waals surface area contributed by atoms with Crippen LogP contribution in [0.2, 0.25) is 0 Å². The molecule has 2 aromatic rings. The molecule has 1 fully saturated rings. The highest BCUT2D eigenvalue weighted by atomic mass is 32.1. The van der Waals surface area contributed by atoms with Crippen molar-refractivity contribution in [3.63, 3.8) is 0 Å². The number of aliphatic hydroxyl groups is 1. The van der Waals surface area contributed by atoms with Crippen LogP contribution in [0.4, 0.5) is 0 Å². The van der Waals surface area contributed by atoms with Gasteiger partial charge in [0.2, 0.25) is 11.8 Å². The number of likely N-dealkylation sites (N-methyl/N-ethyl adjacent to an activating group) is 1. The third-order valence-electron chi connectivity index (χ3n) is 4.82. The molecule has 0 saturated carbocycles. The average molecular weight is 407 g/mol. The number of thiazole rings is 1. The Balaban J connectivity index is 1.94. The van der Waals surface area contributed by atoms with E-state index in [-0.39, 0.29) is 24.8 Å². The van der Waals surface area contributed by atoms with Crippen LogP contribution >= 0.6 is 11.3 Å². The van der Waals surface area contributed by atoms with Crippen LogP contribution in [0.5, 0.6) is 0 Å². The van der Waals surface area contributed by atoms with Crippen molar-refractivity contribution in [3.05, 3.63) is 16.6 Å². The van der Waals surface area contributed by atoms with Gasteiger partial charge >= 0.3 is 0 Å². The zero-order valence-corrected chi connectivity index (χ0v) is 17.5. The monoisotopic (exact) mass is 406 g/mol. The maximum Gasteiger partial charge on any atom is 0.248 e. The second-order valence-electron chi connectivity index (χ2n) is 8.11. The van der Waals surface area contributed by atoms with Crippen LogP contribution in [0.25, 0.3) is 11.4 Å². The van der Waals surface area contributed by atoms with E-state index in [1.165, 1.54) is 28.0 Å². The van der Waals surface area contributed by atoms with Crippen molar-refractivity contribution in [1.29, 1.82) is 0 Å². The summed E-state index contributed by atoms with van der Waals surface area (Å²) < 4.78 is 1.54. The van der Waals surface area contributed by atoms with Gasteiger partial charge in [0.1, 0.15) is 23.5 Å².